The molecule has 1 aromatic carbocycles. The molecule has 3 nitrogen and oxygen atoms in total. The zero-order valence-electron chi connectivity index (χ0n) is 10.9. The number of carbonyl (C=O) groups is 1. The first-order valence-corrected chi connectivity index (χ1v) is 6.03. The second-order valence-corrected chi connectivity index (χ2v) is 4.39. The molecule has 0 unspecified atom stereocenters. The van der Waals surface area contributed by atoms with Crippen LogP contribution < -0.4 is 5.32 Å². The molecule has 0 saturated carbocycles. The monoisotopic (exact) mass is 258 g/mol. The maximum absolute atomic E-state index is 13.8. The first-order valence-electron chi connectivity index (χ1n) is 6.03. The summed E-state index contributed by atoms with van der Waals surface area (Å²) in [6.45, 7) is 3.84. The lowest BCUT2D eigenvalue weighted by atomic mass is 10.1. The number of nitrogens with one attached hydrogen (secondary N) is 1. The van der Waals surface area contributed by atoms with E-state index in [0.29, 0.717) is 12.1 Å². The molecule has 19 heavy (non-hydrogen) atoms. The lowest BCUT2D eigenvalue weighted by molar-refractivity contribution is 0.0946. The van der Waals surface area contributed by atoms with E-state index < -0.39 is 11.7 Å². The second kappa shape index (κ2) is 5.61. The molecule has 0 aliphatic rings. The van der Waals surface area contributed by atoms with Crippen molar-refractivity contribution in [2.75, 3.05) is 0 Å². The zero-order chi connectivity index (χ0) is 13.8. The largest absolute Gasteiger partial charge is 0.346 e. The molecule has 1 N–H and O–H groups in total. The summed E-state index contributed by atoms with van der Waals surface area (Å²) in [5.74, 6) is -0.899. The van der Waals surface area contributed by atoms with Crippen molar-refractivity contribution in [3.8, 4) is 0 Å². The van der Waals surface area contributed by atoms with E-state index >= 15 is 0 Å². The molecule has 2 aromatic rings. The van der Waals surface area contributed by atoms with Crippen molar-refractivity contribution in [3.05, 3.63) is 64.7 Å². The van der Waals surface area contributed by atoms with Gasteiger partial charge in [-0.05, 0) is 37.1 Å². The Morgan fingerprint density at radius 3 is 2.68 bits per heavy atom. The molecule has 0 fully saturated rings. The van der Waals surface area contributed by atoms with E-state index in [1.807, 2.05) is 19.1 Å². The molecule has 1 amide bonds. The van der Waals surface area contributed by atoms with Gasteiger partial charge in [-0.15, -0.1) is 0 Å². The predicted molar refractivity (Wildman–Crippen MR) is 71.3 cm³/mol. The van der Waals surface area contributed by atoms with Crippen molar-refractivity contribution >= 4 is 5.91 Å². The van der Waals surface area contributed by atoms with Gasteiger partial charge in [-0.1, -0.05) is 18.2 Å². The van der Waals surface area contributed by atoms with Crippen molar-refractivity contribution in [1.82, 2.24) is 10.3 Å². The summed E-state index contributed by atoms with van der Waals surface area (Å²) >= 11 is 0. The first kappa shape index (κ1) is 13.2. The topological polar surface area (TPSA) is 42.0 Å². The van der Waals surface area contributed by atoms with Crippen LogP contribution in [0.4, 0.5) is 4.39 Å². The molecule has 0 saturated heterocycles. The summed E-state index contributed by atoms with van der Waals surface area (Å²) in [6, 6.07) is 8.53. The van der Waals surface area contributed by atoms with Crippen molar-refractivity contribution in [2.45, 2.75) is 20.4 Å². The third-order valence-electron chi connectivity index (χ3n) is 2.97. The van der Waals surface area contributed by atoms with Crippen LogP contribution >= 0.6 is 0 Å². The fourth-order valence-electron chi connectivity index (χ4n) is 1.79. The molecular weight excluding hydrogens is 243 g/mol. The van der Waals surface area contributed by atoms with Gasteiger partial charge in [0.05, 0.1) is 17.8 Å². The van der Waals surface area contributed by atoms with E-state index in [9.17, 15) is 9.18 Å². The van der Waals surface area contributed by atoms with Gasteiger partial charge in [-0.2, -0.15) is 0 Å². The average molecular weight is 258 g/mol. The summed E-state index contributed by atoms with van der Waals surface area (Å²) < 4.78 is 13.8. The minimum Gasteiger partial charge on any atom is -0.346 e. The van der Waals surface area contributed by atoms with Crippen LogP contribution in [0.2, 0.25) is 0 Å². The maximum atomic E-state index is 13.8. The van der Waals surface area contributed by atoms with E-state index in [1.54, 1.807) is 25.3 Å². The van der Waals surface area contributed by atoms with Crippen LogP contribution in [0.25, 0.3) is 0 Å². The highest BCUT2D eigenvalue weighted by Gasteiger charge is 2.13. The van der Waals surface area contributed by atoms with Crippen LogP contribution in [0.15, 0.2) is 36.5 Å². The highest BCUT2D eigenvalue weighted by molar-refractivity contribution is 5.94. The molecule has 0 spiro atoms. The van der Waals surface area contributed by atoms with E-state index in [0.717, 1.165) is 11.3 Å². The molecule has 0 bridgehead atoms. The third kappa shape index (κ3) is 2.96. The number of rotatable bonds is 3. The molecule has 2 rings (SSSR count). The molecule has 0 aliphatic heterocycles. The summed E-state index contributed by atoms with van der Waals surface area (Å²) in [6.07, 6.45) is 1.67. The van der Waals surface area contributed by atoms with Crippen LogP contribution in [-0.4, -0.2) is 10.9 Å². The Kier molecular flexibility index (Phi) is 3.90. The average Bonchev–Trinajstić information content (AvgIpc) is 2.40. The van der Waals surface area contributed by atoms with Crippen LogP contribution in [0, 0.1) is 19.7 Å². The predicted octanol–water partition coefficient (Wildman–Crippen LogP) is 2.77. The number of nitrogens with zero attached hydrogens (tertiary/aromatic N) is 1. The Balaban J connectivity index is 2.10. The van der Waals surface area contributed by atoms with Gasteiger partial charge in [0.25, 0.3) is 5.91 Å². The summed E-state index contributed by atoms with van der Waals surface area (Å²) in [4.78, 5) is 16.1. The normalized spacial score (nSPS) is 10.3. The summed E-state index contributed by atoms with van der Waals surface area (Å²) in [7, 11) is 0. The fraction of sp³-hybridized carbons (Fsp3) is 0.200. The van der Waals surface area contributed by atoms with Crippen LogP contribution in [0.3, 0.4) is 0 Å². The van der Waals surface area contributed by atoms with Gasteiger partial charge >= 0.3 is 0 Å². The van der Waals surface area contributed by atoms with Gasteiger partial charge in [-0.3, -0.25) is 9.78 Å². The number of aryl methyl sites for hydroxylation is 2. The van der Waals surface area contributed by atoms with E-state index in [1.165, 1.54) is 6.07 Å². The standard InChI is InChI=1S/C15H15FN2O/c1-10-6-4-8-17-13(10)9-18-15(19)12-7-3-5-11(2)14(12)16/h3-8H,9H2,1-2H3,(H,18,19). The first-order chi connectivity index (χ1) is 9.09. The van der Waals surface area contributed by atoms with Crippen LogP contribution in [-0.2, 0) is 6.54 Å². The number of aromatic nitrogens is 1. The van der Waals surface area contributed by atoms with Gasteiger partial charge in [-0.25, -0.2) is 4.39 Å². The van der Waals surface area contributed by atoms with Crippen LogP contribution in [0.5, 0.6) is 0 Å². The molecular formula is C15H15FN2O. The lowest BCUT2D eigenvalue weighted by Crippen LogP contribution is -2.25. The Hall–Kier alpha value is -2.23. The van der Waals surface area contributed by atoms with Gasteiger partial charge < -0.3 is 5.32 Å². The molecule has 98 valence electrons. The van der Waals surface area contributed by atoms with Crippen molar-refractivity contribution in [2.24, 2.45) is 0 Å². The second-order valence-electron chi connectivity index (χ2n) is 4.39. The molecule has 0 atom stereocenters. The van der Waals surface area contributed by atoms with Gasteiger partial charge in [0, 0.05) is 6.20 Å². The molecule has 0 aliphatic carbocycles. The number of benzene rings is 1. The summed E-state index contributed by atoms with van der Waals surface area (Å²) in [5, 5.41) is 2.68. The number of hydrogen-bond donors (Lipinski definition) is 1. The van der Waals surface area contributed by atoms with Gasteiger partial charge in [0.15, 0.2) is 0 Å². The number of hydrogen-bond acceptors (Lipinski definition) is 2. The maximum Gasteiger partial charge on any atom is 0.254 e. The fourth-order valence-corrected chi connectivity index (χ4v) is 1.79. The zero-order valence-corrected chi connectivity index (χ0v) is 10.9. The quantitative estimate of drug-likeness (QED) is 0.919. The Labute approximate surface area is 111 Å². The van der Waals surface area contributed by atoms with Gasteiger partial charge in [0.1, 0.15) is 5.82 Å². The summed E-state index contributed by atoms with van der Waals surface area (Å²) in [5.41, 5.74) is 2.30. The number of amides is 1. The SMILES string of the molecule is Cc1cccnc1CNC(=O)c1cccc(C)c1F. The van der Waals surface area contributed by atoms with Crippen LogP contribution in [0.1, 0.15) is 27.2 Å². The van der Waals surface area contributed by atoms with E-state index in [4.69, 9.17) is 0 Å². The van der Waals surface area contributed by atoms with E-state index in [-0.39, 0.29) is 5.56 Å². The van der Waals surface area contributed by atoms with Crippen molar-refractivity contribution in [3.63, 3.8) is 0 Å². The smallest absolute Gasteiger partial charge is 0.254 e. The van der Waals surface area contributed by atoms with Gasteiger partial charge in [0.2, 0.25) is 0 Å². The highest BCUT2D eigenvalue weighted by Crippen LogP contribution is 2.12. The minimum absolute atomic E-state index is 0.0635. The number of carbonyl (C=O) groups excluding carboxylic acids is 1. The highest BCUT2D eigenvalue weighted by atomic mass is 19.1. The van der Waals surface area contributed by atoms with Crippen molar-refractivity contribution < 1.29 is 9.18 Å². The third-order valence-corrected chi connectivity index (χ3v) is 2.97. The number of pyridine rings is 1. The molecule has 1 aromatic heterocycles. The van der Waals surface area contributed by atoms with Crippen molar-refractivity contribution in [1.29, 1.82) is 0 Å². The minimum atomic E-state index is -0.474. The number of halogens is 1. The Bertz CT molecular complexity index is 611. The van der Waals surface area contributed by atoms with E-state index in [2.05, 4.69) is 10.3 Å². The Morgan fingerprint density at radius 1 is 1.21 bits per heavy atom. The molecule has 1 heterocycles. The molecule has 4 heteroatoms. The molecule has 0 radical (unpaired) electrons. The Morgan fingerprint density at radius 2 is 1.95 bits per heavy atom. The lowest BCUT2D eigenvalue weighted by Gasteiger charge is -2.08.